The smallest absolute Gasteiger partial charge is 0.352 e. The quantitative estimate of drug-likeness (QED) is 0.0563. The number of β-lactam (4-membered cyclic amide) rings is 1. The van der Waals surface area contributed by atoms with Crippen molar-refractivity contribution in [2.75, 3.05) is 23.3 Å². The number of fused-ring (bicyclic) bond motifs is 1. The lowest BCUT2D eigenvalue weighted by atomic mass is 10.0. The number of nitrogens with two attached hydrogens (primary N) is 1. The number of phenolic OH excluding ortho intramolecular Hbond substituents is 2. The van der Waals surface area contributed by atoms with Gasteiger partial charge in [0.05, 0.1) is 4.47 Å². The van der Waals surface area contributed by atoms with Gasteiger partial charge in [-0.1, -0.05) is 5.16 Å². The first-order valence-electron chi connectivity index (χ1n) is 12.3. The average molecular weight is 715 g/mol. The normalized spacial score (nSPS) is 18.2. The molecule has 0 saturated carbocycles. The molecule has 0 radical (unpaired) electrons. The molecule has 44 heavy (non-hydrogen) atoms. The summed E-state index contributed by atoms with van der Waals surface area (Å²) < 4.78 is 0.127. The zero-order chi connectivity index (χ0) is 32.5. The SMILES string of the molecule is CC(C)(O/N=C(\C(=O)N[C@@H]1C(=O)N2C(C(=O)O)=C(CNC(=O)Nc3cc(O)c(O)c(Br)c3)CS[C@H]12)c1csc(N)n1)C(=O)O. The van der Waals surface area contributed by atoms with E-state index < -0.39 is 64.0 Å². The number of urea groups is 1. The van der Waals surface area contributed by atoms with E-state index in [1.807, 2.05) is 0 Å². The van der Waals surface area contributed by atoms with E-state index in [-0.39, 0.29) is 44.6 Å². The Balaban J connectivity index is 1.46. The van der Waals surface area contributed by atoms with Crippen LogP contribution in [-0.2, 0) is 24.0 Å². The number of hydrogen-bond donors (Lipinski definition) is 8. The Labute approximate surface area is 264 Å². The number of amides is 4. The van der Waals surface area contributed by atoms with Crippen molar-refractivity contribution >= 4 is 85.3 Å². The van der Waals surface area contributed by atoms with Gasteiger partial charge in [0.2, 0.25) is 5.60 Å². The first kappa shape index (κ1) is 32.4. The van der Waals surface area contributed by atoms with E-state index in [2.05, 4.69) is 42.0 Å². The lowest BCUT2D eigenvalue weighted by molar-refractivity contribution is -0.161. The maximum Gasteiger partial charge on any atom is 0.352 e. The molecule has 2 aromatic rings. The van der Waals surface area contributed by atoms with Gasteiger partial charge in [-0.2, -0.15) is 0 Å². The monoisotopic (exact) mass is 713 g/mol. The van der Waals surface area contributed by atoms with Gasteiger partial charge in [0.25, 0.3) is 11.8 Å². The second-order valence-corrected chi connectivity index (χ2v) is 12.5. The van der Waals surface area contributed by atoms with E-state index in [0.29, 0.717) is 0 Å². The number of oxime groups is 1. The number of thioether (sulfide) groups is 1. The van der Waals surface area contributed by atoms with Crippen LogP contribution in [0.4, 0.5) is 15.6 Å². The van der Waals surface area contributed by atoms with Crippen molar-refractivity contribution in [3.8, 4) is 11.5 Å². The van der Waals surface area contributed by atoms with Crippen molar-refractivity contribution in [3.63, 3.8) is 0 Å². The fourth-order valence-corrected chi connectivity index (χ4v) is 6.19. The summed E-state index contributed by atoms with van der Waals surface area (Å²) in [6.45, 7) is 2.17. The number of carboxylic acids is 2. The summed E-state index contributed by atoms with van der Waals surface area (Å²) in [4.78, 5) is 72.3. The third-order valence-corrected chi connectivity index (χ3v) is 8.78. The highest BCUT2D eigenvalue weighted by molar-refractivity contribution is 9.10. The number of nitrogens with zero attached hydrogens (tertiary/aromatic N) is 3. The van der Waals surface area contributed by atoms with Gasteiger partial charge in [-0.3, -0.25) is 14.5 Å². The molecule has 0 bridgehead atoms. The van der Waals surface area contributed by atoms with Crippen molar-refractivity contribution in [1.29, 1.82) is 0 Å². The van der Waals surface area contributed by atoms with Crippen LogP contribution in [0, 0.1) is 0 Å². The van der Waals surface area contributed by atoms with Crippen molar-refractivity contribution in [2.45, 2.75) is 30.9 Å². The number of benzene rings is 1. The zero-order valence-corrected chi connectivity index (χ0v) is 25.9. The van der Waals surface area contributed by atoms with Crippen molar-refractivity contribution in [1.82, 2.24) is 20.5 Å². The predicted molar refractivity (Wildman–Crippen MR) is 160 cm³/mol. The molecule has 3 heterocycles. The Morgan fingerprint density at radius 1 is 1.25 bits per heavy atom. The molecule has 1 aromatic carbocycles. The second-order valence-electron chi connectivity index (χ2n) is 9.67. The predicted octanol–water partition coefficient (Wildman–Crippen LogP) is 1.04. The minimum absolute atomic E-state index is 0.0289. The van der Waals surface area contributed by atoms with Crippen molar-refractivity contribution < 1.29 is 49.2 Å². The molecule has 4 amide bonds. The summed E-state index contributed by atoms with van der Waals surface area (Å²) in [7, 11) is 0. The molecule has 4 rings (SSSR count). The Hall–Kier alpha value is -4.56. The van der Waals surface area contributed by atoms with E-state index >= 15 is 0 Å². The number of anilines is 2. The van der Waals surface area contributed by atoms with Gasteiger partial charge in [0.1, 0.15) is 22.8 Å². The van der Waals surface area contributed by atoms with Gasteiger partial charge in [-0.25, -0.2) is 19.4 Å². The number of carbonyl (C=O) groups is 5. The van der Waals surface area contributed by atoms with Crippen LogP contribution in [0.5, 0.6) is 11.5 Å². The molecule has 2 aliphatic rings. The number of aliphatic carboxylic acids is 2. The number of nitrogens with one attached hydrogen (secondary N) is 3. The van der Waals surface area contributed by atoms with Crippen LogP contribution in [0.1, 0.15) is 19.5 Å². The topological polar surface area (TPSA) is 266 Å². The molecule has 1 aromatic heterocycles. The Morgan fingerprint density at radius 2 is 1.95 bits per heavy atom. The number of aromatic hydroxyl groups is 2. The first-order valence-corrected chi connectivity index (χ1v) is 15.0. The highest BCUT2D eigenvalue weighted by Gasteiger charge is 2.54. The maximum atomic E-state index is 13.2. The number of hydrogen-bond acceptors (Lipinski definition) is 13. The van der Waals surface area contributed by atoms with Crippen LogP contribution in [0.2, 0.25) is 0 Å². The van der Waals surface area contributed by atoms with Crippen molar-refractivity contribution in [3.05, 3.63) is 38.9 Å². The van der Waals surface area contributed by atoms with Crippen LogP contribution in [-0.4, -0.2) is 95.1 Å². The summed E-state index contributed by atoms with van der Waals surface area (Å²) in [5.41, 5.74) is 3.37. The molecule has 234 valence electrons. The van der Waals surface area contributed by atoms with Crippen molar-refractivity contribution in [2.24, 2.45) is 5.16 Å². The summed E-state index contributed by atoms with van der Waals surface area (Å²) >= 11 is 5.16. The number of carboxylic acid groups (broad SMARTS) is 2. The molecular weight excluding hydrogens is 690 g/mol. The van der Waals surface area contributed by atoms with Gasteiger partial charge < -0.3 is 46.9 Å². The van der Waals surface area contributed by atoms with E-state index in [9.17, 15) is 44.4 Å². The summed E-state index contributed by atoms with van der Waals surface area (Å²) in [6, 6.07) is 0.515. The molecule has 9 N–H and O–H groups in total. The molecule has 0 spiro atoms. The zero-order valence-electron chi connectivity index (χ0n) is 22.7. The number of nitrogen functional groups attached to an aromatic ring is 1. The largest absolute Gasteiger partial charge is 0.504 e. The van der Waals surface area contributed by atoms with E-state index in [0.717, 1.165) is 34.1 Å². The summed E-state index contributed by atoms with van der Waals surface area (Å²) in [5, 5.41) is 50.3. The standard InChI is InChI=1S/C24H24BrN7O10S2/c1-24(2,21(39)40)42-31-13(11-7-44-22(26)29-11)17(35)30-14-18(36)32-15(20(37)38)8(6-43-19(14)32)5-27-23(41)28-9-3-10(25)16(34)12(33)4-9/h3-4,7,14,19,33-34H,5-6H2,1-2H3,(H2,26,29)(H,30,35)(H,37,38)(H,39,40)(H2,27,28,41)/b31-13-/t14-,19-/m1/s1. The number of halogens is 1. The van der Waals surface area contributed by atoms with Crippen LogP contribution in [0.3, 0.4) is 0 Å². The molecular formula is C24H24BrN7O10S2. The van der Waals surface area contributed by atoms with Crippen LogP contribution in [0.15, 0.2) is 38.4 Å². The van der Waals surface area contributed by atoms with Gasteiger partial charge in [-0.05, 0) is 41.4 Å². The third-order valence-electron chi connectivity index (χ3n) is 6.16. The molecule has 1 saturated heterocycles. The fourth-order valence-electron chi connectivity index (χ4n) is 3.85. The molecule has 1 fully saturated rings. The lowest BCUT2D eigenvalue weighted by Gasteiger charge is -2.49. The Bertz CT molecular complexity index is 1600. The Kier molecular flexibility index (Phi) is 9.25. The van der Waals surface area contributed by atoms with Gasteiger partial charge in [0.15, 0.2) is 22.3 Å². The molecule has 2 aliphatic heterocycles. The van der Waals surface area contributed by atoms with E-state index in [4.69, 9.17) is 10.6 Å². The minimum Gasteiger partial charge on any atom is -0.504 e. The van der Waals surface area contributed by atoms with Crippen LogP contribution >= 0.6 is 39.0 Å². The number of aromatic nitrogens is 1. The fraction of sp³-hybridized carbons (Fsp3) is 0.292. The number of phenols is 2. The lowest BCUT2D eigenvalue weighted by Crippen LogP contribution is -2.71. The molecule has 0 unspecified atom stereocenters. The minimum atomic E-state index is -1.80. The molecule has 20 heteroatoms. The van der Waals surface area contributed by atoms with Gasteiger partial charge in [0, 0.05) is 29.4 Å². The highest BCUT2D eigenvalue weighted by Crippen LogP contribution is 2.40. The molecule has 0 aliphatic carbocycles. The molecule has 2 atom stereocenters. The van der Waals surface area contributed by atoms with E-state index in [1.165, 1.54) is 25.3 Å². The van der Waals surface area contributed by atoms with Crippen LogP contribution in [0.25, 0.3) is 0 Å². The first-order chi connectivity index (χ1) is 20.6. The number of carbonyl (C=O) groups excluding carboxylic acids is 3. The van der Waals surface area contributed by atoms with Gasteiger partial charge in [-0.15, -0.1) is 23.1 Å². The van der Waals surface area contributed by atoms with Gasteiger partial charge >= 0.3 is 18.0 Å². The number of thiazole rings is 1. The second kappa shape index (κ2) is 12.6. The average Bonchev–Trinajstić information content (AvgIpc) is 3.38. The Morgan fingerprint density at radius 3 is 2.55 bits per heavy atom. The number of rotatable bonds is 10. The van der Waals surface area contributed by atoms with Crippen LogP contribution < -0.4 is 21.7 Å². The highest BCUT2D eigenvalue weighted by atomic mass is 79.9. The third kappa shape index (κ3) is 6.65. The summed E-state index contributed by atoms with van der Waals surface area (Å²) in [5.74, 6) is -5.29. The van der Waals surface area contributed by atoms with E-state index in [1.54, 1.807) is 0 Å². The summed E-state index contributed by atoms with van der Waals surface area (Å²) in [6.07, 6.45) is 0. The maximum absolute atomic E-state index is 13.2. The molecule has 17 nitrogen and oxygen atoms in total.